The second kappa shape index (κ2) is 6.85. The van der Waals surface area contributed by atoms with Gasteiger partial charge in [-0.1, -0.05) is 15.9 Å². The second-order valence-corrected chi connectivity index (χ2v) is 5.79. The fraction of sp³-hybridized carbons (Fsp3) is 0.429. The topological polar surface area (TPSA) is 70.2 Å². The molecule has 6 heteroatoms. The minimum atomic E-state index is -0.221. The number of rotatable bonds is 4. The van der Waals surface area contributed by atoms with Crippen LogP contribution in [0.3, 0.4) is 0 Å². The number of amides is 2. The van der Waals surface area contributed by atoms with Crippen molar-refractivity contribution in [1.82, 2.24) is 10.6 Å². The van der Waals surface area contributed by atoms with Crippen LogP contribution in [0.2, 0.25) is 0 Å². The zero-order chi connectivity index (χ0) is 14.5. The summed E-state index contributed by atoms with van der Waals surface area (Å²) in [4.78, 5) is 23.6. The van der Waals surface area contributed by atoms with Gasteiger partial charge in [-0.3, -0.25) is 9.59 Å². The Morgan fingerprint density at radius 2 is 2.25 bits per heavy atom. The molecule has 1 aromatic rings. The molecule has 2 amide bonds. The highest BCUT2D eigenvalue weighted by atomic mass is 79.9. The van der Waals surface area contributed by atoms with Crippen LogP contribution in [0, 0.1) is 6.92 Å². The van der Waals surface area contributed by atoms with E-state index in [2.05, 4.69) is 31.9 Å². The van der Waals surface area contributed by atoms with Crippen molar-refractivity contribution in [3.05, 3.63) is 28.2 Å². The summed E-state index contributed by atoms with van der Waals surface area (Å²) in [6, 6.07) is 5.47. The Balaban J connectivity index is 1.81. The van der Waals surface area contributed by atoms with Crippen molar-refractivity contribution in [3.63, 3.8) is 0 Å². The summed E-state index contributed by atoms with van der Waals surface area (Å²) in [6.45, 7) is 2.77. The molecule has 1 saturated heterocycles. The number of halogens is 1. The van der Waals surface area contributed by atoms with Gasteiger partial charge >= 0.3 is 0 Å². The van der Waals surface area contributed by atoms with Crippen molar-refractivity contribution >= 4 is 33.4 Å². The molecular weight excluding hydrogens is 322 g/mol. The van der Waals surface area contributed by atoms with E-state index in [9.17, 15) is 9.59 Å². The van der Waals surface area contributed by atoms with Crippen molar-refractivity contribution in [2.24, 2.45) is 0 Å². The minimum absolute atomic E-state index is 0.00742. The van der Waals surface area contributed by atoms with Gasteiger partial charge in [0.05, 0.1) is 12.6 Å². The molecule has 0 radical (unpaired) electrons. The molecule has 20 heavy (non-hydrogen) atoms. The van der Waals surface area contributed by atoms with Crippen molar-refractivity contribution in [2.75, 3.05) is 18.4 Å². The summed E-state index contributed by atoms with van der Waals surface area (Å²) >= 11 is 3.37. The predicted molar refractivity (Wildman–Crippen MR) is 81.5 cm³/mol. The first kappa shape index (κ1) is 15.0. The molecule has 0 saturated carbocycles. The predicted octanol–water partition coefficient (Wildman–Crippen LogP) is 1.56. The Bertz CT molecular complexity index is 513. The lowest BCUT2D eigenvalue weighted by molar-refractivity contribution is -0.125. The van der Waals surface area contributed by atoms with Crippen LogP contribution in [0.25, 0.3) is 0 Å². The summed E-state index contributed by atoms with van der Waals surface area (Å²) in [7, 11) is 0. The number of aryl methyl sites for hydroxylation is 1. The lowest BCUT2D eigenvalue weighted by atomic mass is 10.2. The van der Waals surface area contributed by atoms with E-state index < -0.39 is 0 Å². The summed E-state index contributed by atoms with van der Waals surface area (Å²) in [5.74, 6) is -0.327. The van der Waals surface area contributed by atoms with Gasteiger partial charge in [0, 0.05) is 10.2 Å². The first-order chi connectivity index (χ1) is 9.56. The Labute approximate surface area is 126 Å². The van der Waals surface area contributed by atoms with Crippen LogP contribution < -0.4 is 16.0 Å². The van der Waals surface area contributed by atoms with Crippen LogP contribution in [0.5, 0.6) is 0 Å². The lowest BCUT2D eigenvalue weighted by Gasteiger charge is -2.12. The largest absolute Gasteiger partial charge is 0.346 e. The third-order valence-electron chi connectivity index (χ3n) is 3.26. The zero-order valence-electron chi connectivity index (χ0n) is 11.3. The van der Waals surface area contributed by atoms with E-state index in [-0.39, 0.29) is 24.4 Å². The second-order valence-electron chi connectivity index (χ2n) is 4.87. The highest BCUT2D eigenvalue weighted by Crippen LogP contribution is 2.19. The van der Waals surface area contributed by atoms with Gasteiger partial charge in [-0.2, -0.15) is 0 Å². The molecule has 108 valence electrons. The molecule has 1 aromatic carbocycles. The molecule has 1 fully saturated rings. The van der Waals surface area contributed by atoms with E-state index in [1.807, 2.05) is 25.1 Å². The molecule has 1 unspecified atom stereocenters. The van der Waals surface area contributed by atoms with E-state index in [4.69, 9.17) is 0 Å². The molecule has 1 heterocycles. The fourth-order valence-electron chi connectivity index (χ4n) is 2.16. The summed E-state index contributed by atoms with van der Waals surface area (Å²) in [6.07, 6.45) is 1.83. The number of hydrogen-bond acceptors (Lipinski definition) is 3. The first-order valence-corrected chi connectivity index (χ1v) is 7.42. The SMILES string of the molecule is Cc1cc(Br)ccc1NC(=O)CNC(=O)C1CCCN1. The van der Waals surface area contributed by atoms with Crippen molar-refractivity contribution < 1.29 is 9.59 Å². The van der Waals surface area contributed by atoms with E-state index in [1.54, 1.807) is 0 Å². The third-order valence-corrected chi connectivity index (χ3v) is 3.76. The molecule has 0 bridgehead atoms. The van der Waals surface area contributed by atoms with Crippen LogP contribution in [-0.2, 0) is 9.59 Å². The van der Waals surface area contributed by atoms with Crippen LogP contribution in [-0.4, -0.2) is 30.9 Å². The summed E-state index contributed by atoms with van der Waals surface area (Å²) in [5.41, 5.74) is 1.72. The van der Waals surface area contributed by atoms with Gasteiger partial charge in [0.1, 0.15) is 0 Å². The maximum Gasteiger partial charge on any atom is 0.243 e. The quantitative estimate of drug-likeness (QED) is 0.779. The zero-order valence-corrected chi connectivity index (χ0v) is 12.9. The van der Waals surface area contributed by atoms with Gasteiger partial charge in [0.15, 0.2) is 0 Å². The van der Waals surface area contributed by atoms with E-state index >= 15 is 0 Å². The molecule has 0 spiro atoms. The van der Waals surface area contributed by atoms with Gasteiger partial charge in [0.2, 0.25) is 11.8 Å². The molecule has 2 rings (SSSR count). The van der Waals surface area contributed by atoms with E-state index in [0.29, 0.717) is 0 Å². The maximum absolute atomic E-state index is 11.8. The number of nitrogens with one attached hydrogen (secondary N) is 3. The minimum Gasteiger partial charge on any atom is -0.346 e. The smallest absolute Gasteiger partial charge is 0.243 e. The average Bonchev–Trinajstić information content (AvgIpc) is 2.93. The Kier molecular flexibility index (Phi) is 5.14. The third kappa shape index (κ3) is 4.05. The number of benzene rings is 1. The molecule has 0 aliphatic carbocycles. The monoisotopic (exact) mass is 339 g/mol. The van der Waals surface area contributed by atoms with Gasteiger partial charge in [-0.25, -0.2) is 0 Å². The molecule has 5 nitrogen and oxygen atoms in total. The number of carbonyl (C=O) groups excluding carboxylic acids is 2. The highest BCUT2D eigenvalue weighted by molar-refractivity contribution is 9.10. The Morgan fingerprint density at radius 3 is 2.90 bits per heavy atom. The number of hydrogen-bond donors (Lipinski definition) is 3. The van der Waals surface area contributed by atoms with Gasteiger partial charge < -0.3 is 16.0 Å². The molecule has 1 aliphatic heterocycles. The maximum atomic E-state index is 11.8. The van der Waals surface area contributed by atoms with Crippen LogP contribution in [0.1, 0.15) is 18.4 Å². The molecule has 1 aliphatic rings. The van der Waals surface area contributed by atoms with E-state index in [0.717, 1.165) is 35.1 Å². The fourth-order valence-corrected chi connectivity index (χ4v) is 2.64. The number of anilines is 1. The lowest BCUT2D eigenvalue weighted by Crippen LogP contribution is -2.43. The van der Waals surface area contributed by atoms with Gasteiger partial charge in [0.25, 0.3) is 0 Å². The first-order valence-electron chi connectivity index (χ1n) is 6.63. The van der Waals surface area contributed by atoms with Crippen molar-refractivity contribution in [2.45, 2.75) is 25.8 Å². The average molecular weight is 340 g/mol. The number of carbonyl (C=O) groups is 2. The highest BCUT2D eigenvalue weighted by Gasteiger charge is 2.22. The normalized spacial score (nSPS) is 17.8. The molecule has 1 atom stereocenters. The van der Waals surface area contributed by atoms with Crippen LogP contribution in [0.4, 0.5) is 5.69 Å². The Morgan fingerprint density at radius 1 is 1.45 bits per heavy atom. The van der Waals surface area contributed by atoms with Crippen LogP contribution in [0.15, 0.2) is 22.7 Å². The summed E-state index contributed by atoms with van der Waals surface area (Å²) < 4.78 is 0.966. The van der Waals surface area contributed by atoms with Crippen molar-refractivity contribution in [1.29, 1.82) is 0 Å². The van der Waals surface area contributed by atoms with Crippen molar-refractivity contribution in [3.8, 4) is 0 Å². The molecule has 0 aromatic heterocycles. The van der Waals surface area contributed by atoms with Crippen LogP contribution >= 0.6 is 15.9 Å². The standard InChI is InChI=1S/C14H18BrN3O2/c1-9-7-10(15)4-5-11(9)18-13(19)8-17-14(20)12-3-2-6-16-12/h4-5,7,12,16H,2-3,6,8H2,1H3,(H,17,20)(H,18,19). The Hall–Kier alpha value is -1.40. The van der Waals surface area contributed by atoms with Gasteiger partial charge in [-0.15, -0.1) is 0 Å². The van der Waals surface area contributed by atoms with Gasteiger partial charge in [-0.05, 0) is 50.1 Å². The summed E-state index contributed by atoms with van der Waals surface area (Å²) in [5, 5.41) is 8.54. The molecular formula is C14H18BrN3O2. The van der Waals surface area contributed by atoms with E-state index in [1.165, 1.54) is 0 Å². The molecule has 3 N–H and O–H groups in total.